The first-order valence-corrected chi connectivity index (χ1v) is 12.9. The van der Waals surface area contributed by atoms with E-state index < -0.39 is 23.8 Å². The van der Waals surface area contributed by atoms with E-state index in [9.17, 15) is 14.2 Å². The van der Waals surface area contributed by atoms with Gasteiger partial charge in [0.15, 0.2) is 0 Å². The normalized spacial score (nSPS) is 13.0. The Morgan fingerprint density at radius 2 is 1.06 bits per heavy atom. The van der Waals surface area contributed by atoms with Gasteiger partial charge >= 0.3 is 0 Å². The third-order valence-corrected chi connectivity index (χ3v) is 9.90. The van der Waals surface area contributed by atoms with Gasteiger partial charge in [-0.25, -0.2) is 0 Å². The largest absolute Gasteiger partial charge is 0.302 e. The maximum absolute atomic E-state index is 14.5. The van der Waals surface area contributed by atoms with Crippen molar-refractivity contribution >= 4 is 81.5 Å². The molecule has 0 heterocycles. The molecule has 3 aromatic carbocycles. The van der Waals surface area contributed by atoms with Crippen molar-refractivity contribution in [3.8, 4) is 0 Å². The standard InChI is InChI=1S/C23H16Cl5O3P/c1-11-9-12(2)15(13(3)10-11)22(29)32(31,14-7-5-4-6-8-14)23(30)16-17(24)19(26)21(28)20(27)18(16)25/h4-10H,1-3H3. The first kappa shape index (κ1) is 25.3. The fraction of sp³-hybridized carbons (Fsp3) is 0.130. The van der Waals surface area contributed by atoms with Gasteiger partial charge in [0.25, 0.3) is 0 Å². The topological polar surface area (TPSA) is 51.2 Å². The summed E-state index contributed by atoms with van der Waals surface area (Å²) in [5, 5.41) is -1.19. The summed E-state index contributed by atoms with van der Waals surface area (Å²) in [4.78, 5) is 27.6. The predicted octanol–water partition coefficient (Wildman–Crippen LogP) is 8.55. The van der Waals surface area contributed by atoms with E-state index >= 15 is 0 Å². The molecule has 0 spiro atoms. The minimum atomic E-state index is -4.48. The van der Waals surface area contributed by atoms with E-state index in [4.69, 9.17) is 58.0 Å². The molecular formula is C23H16Cl5O3P. The molecule has 0 aromatic heterocycles. The van der Waals surface area contributed by atoms with E-state index in [0.29, 0.717) is 11.1 Å². The Bertz CT molecular complexity index is 1270. The summed E-state index contributed by atoms with van der Waals surface area (Å²) in [6, 6.07) is 11.3. The molecule has 0 saturated heterocycles. The molecule has 0 aliphatic rings. The van der Waals surface area contributed by atoms with Crippen molar-refractivity contribution in [2.24, 2.45) is 0 Å². The van der Waals surface area contributed by atoms with Crippen LogP contribution in [0.4, 0.5) is 0 Å². The highest BCUT2D eigenvalue weighted by Crippen LogP contribution is 2.55. The minimum Gasteiger partial charge on any atom is -0.302 e. The van der Waals surface area contributed by atoms with E-state index in [-0.39, 0.29) is 36.0 Å². The fourth-order valence-corrected chi connectivity index (χ4v) is 7.48. The first-order valence-electron chi connectivity index (χ1n) is 9.27. The van der Waals surface area contributed by atoms with Gasteiger partial charge in [0, 0.05) is 10.9 Å². The SMILES string of the molecule is Cc1cc(C)c(C(=O)P(=O)(C(=O)c2c(Cl)c(Cl)c(Cl)c(Cl)c2Cl)c2ccccc2)c(C)c1. The lowest BCUT2D eigenvalue weighted by atomic mass is 10.0. The van der Waals surface area contributed by atoms with Gasteiger partial charge < -0.3 is 4.57 Å². The van der Waals surface area contributed by atoms with E-state index in [2.05, 4.69) is 0 Å². The van der Waals surface area contributed by atoms with Gasteiger partial charge in [-0.05, 0) is 31.9 Å². The number of carbonyl (C=O) groups excluding carboxylic acids is 2. The number of aryl methyl sites for hydroxylation is 3. The average Bonchev–Trinajstić information content (AvgIpc) is 2.75. The lowest BCUT2D eigenvalue weighted by Gasteiger charge is -2.21. The molecule has 0 aliphatic heterocycles. The maximum Gasteiger partial charge on any atom is 0.248 e. The van der Waals surface area contributed by atoms with Crippen molar-refractivity contribution in [2.75, 3.05) is 0 Å². The zero-order valence-electron chi connectivity index (χ0n) is 17.1. The average molecular weight is 549 g/mol. The zero-order chi connectivity index (χ0) is 24.0. The second-order valence-electron chi connectivity index (χ2n) is 7.27. The van der Waals surface area contributed by atoms with Gasteiger partial charge in [-0.15, -0.1) is 0 Å². The zero-order valence-corrected chi connectivity index (χ0v) is 21.8. The molecule has 3 nitrogen and oxygen atoms in total. The van der Waals surface area contributed by atoms with Gasteiger partial charge in [-0.3, -0.25) is 9.59 Å². The van der Waals surface area contributed by atoms with Crippen LogP contribution < -0.4 is 5.30 Å². The second-order valence-corrected chi connectivity index (χ2v) is 11.7. The Morgan fingerprint density at radius 1 is 0.656 bits per heavy atom. The molecule has 32 heavy (non-hydrogen) atoms. The second kappa shape index (κ2) is 9.50. The van der Waals surface area contributed by atoms with Crippen molar-refractivity contribution in [3.05, 3.63) is 95.4 Å². The van der Waals surface area contributed by atoms with Crippen molar-refractivity contribution in [1.82, 2.24) is 0 Å². The van der Waals surface area contributed by atoms with Crippen LogP contribution >= 0.6 is 65.1 Å². The molecule has 0 saturated carbocycles. The molecule has 0 bridgehead atoms. The number of hydrogen-bond acceptors (Lipinski definition) is 3. The van der Waals surface area contributed by atoms with Crippen LogP contribution in [-0.2, 0) is 4.57 Å². The van der Waals surface area contributed by atoms with E-state index in [1.54, 1.807) is 44.2 Å². The van der Waals surface area contributed by atoms with Crippen LogP contribution in [0.1, 0.15) is 37.4 Å². The predicted molar refractivity (Wildman–Crippen MR) is 134 cm³/mol. The number of carbonyl (C=O) groups is 2. The van der Waals surface area contributed by atoms with Crippen molar-refractivity contribution in [2.45, 2.75) is 20.8 Å². The smallest absolute Gasteiger partial charge is 0.248 e. The summed E-state index contributed by atoms with van der Waals surface area (Å²) < 4.78 is 14.5. The van der Waals surface area contributed by atoms with Crippen LogP contribution in [0.3, 0.4) is 0 Å². The molecular weight excluding hydrogens is 532 g/mol. The number of hydrogen-bond donors (Lipinski definition) is 0. The van der Waals surface area contributed by atoms with Gasteiger partial charge in [-0.2, -0.15) is 0 Å². The molecule has 0 radical (unpaired) electrons. The minimum absolute atomic E-state index is 0.0451. The first-order chi connectivity index (χ1) is 14.9. The molecule has 0 N–H and O–H groups in total. The third-order valence-electron chi connectivity index (χ3n) is 5.01. The summed E-state index contributed by atoms with van der Waals surface area (Å²) >= 11 is 30.9. The van der Waals surface area contributed by atoms with Crippen molar-refractivity contribution in [3.63, 3.8) is 0 Å². The molecule has 0 amide bonds. The van der Waals surface area contributed by atoms with E-state index in [0.717, 1.165) is 5.56 Å². The highest BCUT2D eigenvalue weighted by molar-refractivity contribution is 8.01. The molecule has 0 fully saturated rings. The highest BCUT2D eigenvalue weighted by Gasteiger charge is 2.46. The molecule has 3 rings (SSSR count). The Kier molecular flexibility index (Phi) is 7.52. The highest BCUT2D eigenvalue weighted by atomic mass is 35.5. The molecule has 9 heteroatoms. The van der Waals surface area contributed by atoms with Gasteiger partial charge in [0.1, 0.15) is 0 Å². The lowest BCUT2D eigenvalue weighted by molar-refractivity contribution is 0.104. The summed E-state index contributed by atoms with van der Waals surface area (Å²) in [7, 11) is -4.48. The third kappa shape index (κ3) is 4.16. The van der Waals surface area contributed by atoms with E-state index in [1.165, 1.54) is 12.1 Å². The Labute approximate surface area is 210 Å². The fourth-order valence-electron chi connectivity index (χ4n) is 3.59. The van der Waals surface area contributed by atoms with Crippen LogP contribution in [0.25, 0.3) is 0 Å². The summed E-state index contributed by atoms with van der Waals surface area (Å²) in [5.74, 6) is 0. The van der Waals surface area contributed by atoms with Gasteiger partial charge in [-0.1, -0.05) is 106 Å². The monoisotopic (exact) mass is 546 g/mol. The summed E-state index contributed by atoms with van der Waals surface area (Å²) in [6.45, 7) is 5.33. The summed E-state index contributed by atoms with van der Waals surface area (Å²) in [6.07, 6.45) is 0. The molecule has 166 valence electrons. The molecule has 0 aliphatic carbocycles. The van der Waals surface area contributed by atoms with Crippen molar-refractivity contribution in [1.29, 1.82) is 0 Å². The quantitative estimate of drug-likeness (QED) is 0.182. The van der Waals surface area contributed by atoms with Gasteiger partial charge in [0.05, 0.1) is 30.7 Å². The van der Waals surface area contributed by atoms with Crippen LogP contribution in [0.2, 0.25) is 25.1 Å². The molecule has 3 aromatic rings. The van der Waals surface area contributed by atoms with E-state index in [1.807, 2.05) is 6.92 Å². The van der Waals surface area contributed by atoms with Crippen molar-refractivity contribution < 1.29 is 14.2 Å². The van der Waals surface area contributed by atoms with Crippen LogP contribution in [0.5, 0.6) is 0 Å². The number of halogens is 5. The van der Waals surface area contributed by atoms with Crippen LogP contribution in [0.15, 0.2) is 42.5 Å². The Morgan fingerprint density at radius 3 is 1.53 bits per heavy atom. The maximum atomic E-state index is 14.5. The number of benzene rings is 3. The van der Waals surface area contributed by atoms with Gasteiger partial charge in [0.2, 0.25) is 18.2 Å². The lowest BCUT2D eigenvalue weighted by Crippen LogP contribution is -2.22. The van der Waals surface area contributed by atoms with Crippen LogP contribution in [-0.4, -0.2) is 11.0 Å². The summed E-state index contributed by atoms with van der Waals surface area (Å²) in [5.41, 5.74) is 0.0354. The molecule has 1 atom stereocenters. The Hall–Kier alpha value is -1.32. The Balaban J connectivity index is 2.37. The molecule has 1 unspecified atom stereocenters. The number of rotatable bonds is 5. The van der Waals surface area contributed by atoms with Crippen LogP contribution in [0, 0.1) is 20.8 Å².